The van der Waals surface area contributed by atoms with E-state index in [1.807, 2.05) is 19.9 Å². The van der Waals surface area contributed by atoms with Crippen molar-refractivity contribution in [3.63, 3.8) is 0 Å². The van der Waals surface area contributed by atoms with Crippen LogP contribution in [0.4, 0.5) is 21.8 Å². The molecule has 2 saturated heterocycles. The summed E-state index contributed by atoms with van der Waals surface area (Å²) < 4.78 is 38.1. The van der Waals surface area contributed by atoms with Gasteiger partial charge in [0.25, 0.3) is 0 Å². The summed E-state index contributed by atoms with van der Waals surface area (Å²) in [4.78, 5) is 15.2. The minimum Gasteiger partial charge on any atom is -0.324 e. The molecule has 35 heavy (non-hydrogen) atoms. The number of nitrogens with one attached hydrogen (secondary N) is 2. The molecular weight excluding hydrogens is 491 g/mol. The van der Waals surface area contributed by atoms with Crippen molar-refractivity contribution in [1.29, 1.82) is 0 Å². The third kappa shape index (κ3) is 5.34. The first kappa shape index (κ1) is 24.1. The zero-order chi connectivity index (χ0) is 24.7. The van der Waals surface area contributed by atoms with Crippen molar-refractivity contribution < 1.29 is 12.8 Å². The highest BCUT2D eigenvalue weighted by atomic mass is 35.5. The summed E-state index contributed by atoms with van der Waals surface area (Å²) in [5, 5.41) is 6.40. The molecule has 0 atom stereocenters. The lowest BCUT2D eigenvalue weighted by Crippen LogP contribution is -2.55. The molecule has 11 heteroatoms. The van der Waals surface area contributed by atoms with Gasteiger partial charge in [-0.05, 0) is 80.6 Å². The third-order valence-corrected chi connectivity index (χ3v) is 8.91. The standard InChI is InChI=1S/C24H28ClFN6O2S/c1-14-7-22(27-10-14)30-23-19(25)11-28-24(31-23)29-21-8-15(2)18(9-20(21)26)16-3-5-32(6-4-16)17-12-35(33,34)13-17/h7-9,11,16-17H,3-6,10,12-13H2,1-2H3,(H2,27,28,29,30,31). The number of rotatable bonds is 5. The van der Waals surface area contributed by atoms with E-state index < -0.39 is 9.84 Å². The lowest BCUT2D eigenvalue weighted by molar-refractivity contribution is 0.166. The summed E-state index contributed by atoms with van der Waals surface area (Å²) in [5.41, 5.74) is 3.42. The Balaban J connectivity index is 1.26. The van der Waals surface area contributed by atoms with E-state index in [0.29, 0.717) is 28.9 Å². The second-order valence-corrected chi connectivity index (χ2v) is 12.1. The average Bonchev–Trinajstić information content (AvgIpc) is 3.21. The van der Waals surface area contributed by atoms with Gasteiger partial charge < -0.3 is 10.6 Å². The first-order chi connectivity index (χ1) is 16.7. The first-order valence-electron chi connectivity index (χ1n) is 11.7. The van der Waals surface area contributed by atoms with Crippen molar-refractivity contribution in [2.75, 3.05) is 41.8 Å². The molecule has 4 heterocycles. The van der Waals surface area contributed by atoms with Crippen molar-refractivity contribution in [2.45, 2.75) is 38.6 Å². The van der Waals surface area contributed by atoms with Crippen LogP contribution in [0.5, 0.6) is 0 Å². The van der Waals surface area contributed by atoms with Crippen LogP contribution in [0.3, 0.4) is 0 Å². The Hall–Kier alpha value is -2.56. The van der Waals surface area contributed by atoms with Crippen LogP contribution in [0.25, 0.3) is 0 Å². The Morgan fingerprint density at radius 2 is 1.89 bits per heavy atom. The van der Waals surface area contributed by atoms with Gasteiger partial charge in [-0.25, -0.2) is 17.8 Å². The minimum atomic E-state index is -2.83. The number of anilines is 3. The van der Waals surface area contributed by atoms with E-state index in [-0.39, 0.29) is 35.2 Å². The number of sulfone groups is 1. The molecule has 0 unspecified atom stereocenters. The molecule has 0 bridgehead atoms. The number of piperidine rings is 1. The number of nitrogens with zero attached hydrogens (tertiary/aromatic N) is 4. The van der Waals surface area contributed by atoms with Gasteiger partial charge in [-0.3, -0.25) is 9.89 Å². The SMILES string of the molecule is CC1=CC(Nc2nc(Nc3cc(C)c(C4CCN(C5CS(=O)(=O)C5)CC4)cc3F)ncc2Cl)=NC1. The van der Waals surface area contributed by atoms with E-state index in [4.69, 9.17) is 11.6 Å². The summed E-state index contributed by atoms with van der Waals surface area (Å²) in [7, 11) is -2.83. The van der Waals surface area contributed by atoms with Gasteiger partial charge in [-0.15, -0.1) is 0 Å². The number of amidine groups is 1. The molecule has 186 valence electrons. The summed E-state index contributed by atoms with van der Waals surface area (Å²) in [5.74, 6) is 1.70. The number of likely N-dealkylation sites (tertiary alicyclic amines) is 1. The third-order valence-electron chi connectivity index (χ3n) is 6.85. The van der Waals surface area contributed by atoms with Gasteiger partial charge in [0, 0.05) is 6.04 Å². The van der Waals surface area contributed by atoms with E-state index in [2.05, 4.69) is 30.5 Å². The van der Waals surface area contributed by atoms with Crippen molar-refractivity contribution in [2.24, 2.45) is 4.99 Å². The van der Waals surface area contributed by atoms with Gasteiger partial charge in [0.2, 0.25) is 5.95 Å². The van der Waals surface area contributed by atoms with Gasteiger partial charge in [-0.1, -0.05) is 11.6 Å². The topological polar surface area (TPSA) is 99.6 Å². The van der Waals surface area contributed by atoms with Gasteiger partial charge in [0.05, 0.1) is 29.9 Å². The molecule has 5 rings (SSSR count). The van der Waals surface area contributed by atoms with Gasteiger partial charge >= 0.3 is 0 Å². The minimum absolute atomic E-state index is 0.143. The number of aromatic nitrogens is 2. The molecule has 0 amide bonds. The molecular formula is C24H28ClFN6O2S. The maximum atomic E-state index is 15.1. The number of aryl methyl sites for hydroxylation is 1. The Kier molecular flexibility index (Phi) is 6.54. The van der Waals surface area contributed by atoms with E-state index in [1.165, 1.54) is 6.20 Å². The average molecular weight is 519 g/mol. The monoisotopic (exact) mass is 518 g/mol. The quantitative estimate of drug-likeness (QED) is 0.615. The molecule has 1 aromatic carbocycles. The molecule has 0 radical (unpaired) electrons. The highest BCUT2D eigenvalue weighted by Gasteiger charge is 2.39. The summed E-state index contributed by atoms with van der Waals surface area (Å²) in [6, 6.07) is 3.53. The van der Waals surface area contributed by atoms with Crippen LogP contribution < -0.4 is 10.6 Å². The molecule has 2 aromatic rings. The lowest BCUT2D eigenvalue weighted by Gasteiger charge is -2.41. The number of hydrogen-bond acceptors (Lipinski definition) is 8. The molecule has 0 aliphatic carbocycles. The molecule has 0 saturated carbocycles. The van der Waals surface area contributed by atoms with E-state index >= 15 is 4.39 Å². The number of benzene rings is 1. The van der Waals surface area contributed by atoms with Gasteiger partial charge in [-0.2, -0.15) is 4.98 Å². The normalized spacial score (nSPS) is 20.8. The Morgan fingerprint density at radius 1 is 1.14 bits per heavy atom. The Labute approximate surface area is 209 Å². The summed E-state index contributed by atoms with van der Waals surface area (Å²) in [6.07, 6.45) is 5.16. The molecule has 3 aliphatic heterocycles. The predicted molar refractivity (Wildman–Crippen MR) is 137 cm³/mol. The van der Waals surface area contributed by atoms with Crippen LogP contribution in [-0.4, -0.2) is 66.3 Å². The van der Waals surface area contributed by atoms with E-state index in [0.717, 1.165) is 42.6 Å². The van der Waals surface area contributed by atoms with Crippen LogP contribution in [0.1, 0.15) is 36.8 Å². The fraction of sp³-hybridized carbons (Fsp3) is 0.458. The smallest absolute Gasteiger partial charge is 0.229 e. The Bertz CT molecular complexity index is 1310. The van der Waals surface area contributed by atoms with E-state index in [1.54, 1.807) is 12.1 Å². The van der Waals surface area contributed by atoms with Crippen molar-refractivity contribution >= 4 is 44.7 Å². The maximum Gasteiger partial charge on any atom is 0.229 e. The highest BCUT2D eigenvalue weighted by Crippen LogP contribution is 2.35. The number of hydrogen-bond donors (Lipinski definition) is 2. The van der Waals surface area contributed by atoms with Crippen molar-refractivity contribution in [3.8, 4) is 0 Å². The van der Waals surface area contributed by atoms with Crippen LogP contribution in [0, 0.1) is 12.7 Å². The number of halogens is 2. The molecule has 3 aliphatic rings. The van der Waals surface area contributed by atoms with Crippen LogP contribution in [0.2, 0.25) is 5.02 Å². The highest BCUT2D eigenvalue weighted by molar-refractivity contribution is 7.92. The molecule has 8 nitrogen and oxygen atoms in total. The summed E-state index contributed by atoms with van der Waals surface area (Å²) >= 11 is 6.24. The fourth-order valence-electron chi connectivity index (χ4n) is 4.92. The van der Waals surface area contributed by atoms with Crippen molar-refractivity contribution in [1.82, 2.24) is 14.9 Å². The maximum absolute atomic E-state index is 15.1. The summed E-state index contributed by atoms with van der Waals surface area (Å²) in [6.45, 7) is 6.27. The molecule has 1 aromatic heterocycles. The Morgan fingerprint density at radius 3 is 2.54 bits per heavy atom. The fourth-order valence-corrected chi connectivity index (χ4v) is 6.56. The van der Waals surface area contributed by atoms with E-state index in [9.17, 15) is 8.42 Å². The second-order valence-electron chi connectivity index (χ2n) is 9.56. The lowest BCUT2D eigenvalue weighted by atomic mass is 9.86. The van der Waals surface area contributed by atoms with Crippen molar-refractivity contribution in [3.05, 3.63) is 51.9 Å². The first-order valence-corrected chi connectivity index (χ1v) is 13.9. The second kappa shape index (κ2) is 9.48. The van der Waals surface area contributed by atoms with Gasteiger partial charge in [0.1, 0.15) is 16.7 Å². The molecule has 0 spiro atoms. The molecule has 2 N–H and O–H groups in total. The number of aliphatic imine (C=N–C) groups is 1. The molecule has 2 fully saturated rings. The zero-order valence-corrected chi connectivity index (χ0v) is 21.3. The van der Waals surface area contributed by atoms with Gasteiger partial charge in [0.15, 0.2) is 15.7 Å². The van der Waals surface area contributed by atoms with Crippen LogP contribution in [0.15, 0.2) is 35.0 Å². The zero-order valence-electron chi connectivity index (χ0n) is 19.7. The van der Waals surface area contributed by atoms with Crippen LogP contribution >= 0.6 is 11.6 Å². The largest absolute Gasteiger partial charge is 0.324 e. The van der Waals surface area contributed by atoms with Crippen LogP contribution in [-0.2, 0) is 9.84 Å². The predicted octanol–water partition coefficient (Wildman–Crippen LogP) is 4.07.